The molecule has 0 bridgehead atoms. The molecule has 2 nitrogen and oxygen atoms in total. The first-order valence-corrected chi connectivity index (χ1v) is 10.6. The Balaban J connectivity index is 1.89. The van der Waals surface area contributed by atoms with Crippen LogP contribution in [0.5, 0.6) is 0 Å². The summed E-state index contributed by atoms with van der Waals surface area (Å²) in [6.45, 7) is 0. The molecule has 2 aliphatic carbocycles. The van der Waals surface area contributed by atoms with Gasteiger partial charge in [-0.05, 0) is 22.8 Å². The summed E-state index contributed by atoms with van der Waals surface area (Å²) in [6.07, 6.45) is 7.97. The summed E-state index contributed by atoms with van der Waals surface area (Å²) in [5, 5.41) is 24.6. The molecule has 0 saturated carbocycles. The minimum Gasteiger partial charge on any atom is -0.380 e. The number of halogens is 1. The molecule has 2 aliphatic rings. The summed E-state index contributed by atoms with van der Waals surface area (Å²) in [4.78, 5) is 0. The van der Waals surface area contributed by atoms with Crippen molar-refractivity contribution in [2.45, 2.75) is 11.2 Å². The number of allylic oxidation sites excluding steroid dienone is 2. The van der Waals surface area contributed by atoms with Crippen LogP contribution in [-0.4, -0.2) is 10.2 Å². The van der Waals surface area contributed by atoms with Gasteiger partial charge >= 0.3 is 0 Å². The fourth-order valence-electron chi connectivity index (χ4n) is 5.05. The monoisotopic (exact) mass is 444 g/mol. The van der Waals surface area contributed by atoms with Crippen LogP contribution in [-0.2, 0) is 11.2 Å². The maximum Gasteiger partial charge on any atom is 0.123 e. The van der Waals surface area contributed by atoms with E-state index in [-0.39, 0.29) is 11.8 Å². The van der Waals surface area contributed by atoms with Gasteiger partial charge in [-0.25, -0.2) is 0 Å². The number of benzene rings is 3. The molecule has 144 valence electrons. The van der Waals surface area contributed by atoms with Crippen molar-refractivity contribution in [1.29, 1.82) is 0 Å². The van der Waals surface area contributed by atoms with E-state index >= 15 is 0 Å². The number of rotatable bonds is 2. The lowest BCUT2D eigenvalue weighted by Crippen LogP contribution is -2.54. The van der Waals surface area contributed by atoms with E-state index in [2.05, 4.69) is 15.9 Å². The molecule has 2 N–H and O–H groups in total. The van der Waals surface area contributed by atoms with Crippen LogP contribution in [0.3, 0.4) is 0 Å². The summed E-state index contributed by atoms with van der Waals surface area (Å²) in [6, 6.07) is 25.3. The Labute approximate surface area is 179 Å². The Hall–Kier alpha value is -2.46. The molecule has 0 aliphatic heterocycles. The van der Waals surface area contributed by atoms with Crippen molar-refractivity contribution in [3.05, 3.63) is 130 Å². The van der Waals surface area contributed by atoms with Crippen molar-refractivity contribution in [2.75, 3.05) is 0 Å². The number of hydrogen-bond donors (Lipinski definition) is 2. The summed E-state index contributed by atoms with van der Waals surface area (Å²) < 4.78 is 0.789. The molecule has 4 unspecified atom stereocenters. The van der Waals surface area contributed by atoms with Gasteiger partial charge in [-0.15, -0.1) is 0 Å². The predicted molar refractivity (Wildman–Crippen MR) is 118 cm³/mol. The van der Waals surface area contributed by atoms with Gasteiger partial charge in [0.2, 0.25) is 0 Å². The fourth-order valence-corrected chi connectivity index (χ4v) is 5.72. The van der Waals surface area contributed by atoms with Gasteiger partial charge in [-0.1, -0.05) is 113 Å². The summed E-state index contributed by atoms with van der Waals surface area (Å²) in [5.41, 5.74) is 0.559. The van der Waals surface area contributed by atoms with Crippen LogP contribution in [0.1, 0.15) is 22.3 Å². The van der Waals surface area contributed by atoms with E-state index in [1.54, 1.807) is 0 Å². The molecule has 0 heterocycles. The average molecular weight is 445 g/mol. The molecule has 3 aromatic rings. The van der Waals surface area contributed by atoms with Gasteiger partial charge in [-0.3, -0.25) is 0 Å². The summed E-state index contributed by atoms with van der Waals surface area (Å²) in [5.74, 6) is -0.645. The van der Waals surface area contributed by atoms with Gasteiger partial charge < -0.3 is 10.2 Å². The van der Waals surface area contributed by atoms with Crippen molar-refractivity contribution in [3.8, 4) is 0 Å². The highest BCUT2D eigenvalue weighted by molar-refractivity contribution is 9.10. The smallest absolute Gasteiger partial charge is 0.123 e. The Morgan fingerprint density at radius 2 is 1.14 bits per heavy atom. The zero-order chi connectivity index (χ0) is 20.1. The highest BCUT2D eigenvalue weighted by Crippen LogP contribution is 2.58. The maximum atomic E-state index is 12.3. The van der Waals surface area contributed by atoms with Crippen molar-refractivity contribution in [2.24, 2.45) is 11.8 Å². The Kier molecular flexibility index (Phi) is 4.36. The standard InChI is InChI=1S/C26H21BrO2/c27-23-17-9-16-22-24(23)26(29,19-12-5-2-6-13-19)21-15-8-7-14-20(21)25(22,28)18-10-3-1-4-11-18/h1-17,20-21,28-29H. The second-order valence-electron chi connectivity index (χ2n) is 7.75. The van der Waals surface area contributed by atoms with Crippen molar-refractivity contribution >= 4 is 15.9 Å². The van der Waals surface area contributed by atoms with Gasteiger partial charge in [0.05, 0.1) is 0 Å². The third kappa shape index (κ3) is 2.55. The largest absolute Gasteiger partial charge is 0.380 e. The Morgan fingerprint density at radius 1 is 0.621 bits per heavy atom. The molecular weight excluding hydrogens is 424 g/mol. The first-order chi connectivity index (χ1) is 14.1. The zero-order valence-corrected chi connectivity index (χ0v) is 17.3. The van der Waals surface area contributed by atoms with Gasteiger partial charge in [0, 0.05) is 21.9 Å². The van der Waals surface area contributed by atoms with Crippen molar-refractivity contribution in [1.82, 2.24) is 0 Å². The van der Waals surface area contributed by atoms with Crippen LogP contribution in [0.2, 0.25) is 0 Å². The van der Waals surface area contributed by atoms with Gasteiger partial charge in [0.1, 0.15) is 11.2 Å². The van der Waals surface area contributed by atoms with E-state index in [4.69, 9.17) is 0 Å². The van der Waals surface area contributed by atoms with Crippen LogP contribution in [0, 0.1) is 11.8 Å². The number of fused-ring (bicyclic) bond motifs is 2. The Morgan fingerprint density at radius 3 is 1.72 bits per heavy atom. The zero-order valence-electron chi connectivity index (χ0n) is 15.7. The topological polar surface area (TPSA) is 40.5 Å². The van der Waals surface area contributed by atoms with E-state index in [0.717, 1.165) is 26.7 Å². The van der Waals surface area contributed by atoms with E-state index in [0.29, 0.717) is 0 Å². The van der Waals surface area contributed by atoms with E-state index in [1.807, 2.05) is 103 Å². The van der Waals surface area contributed by atoms with Crippen molar-refractivity contribution in [3.63, 3.8) is 0 Å². The Bertz CT molecular complexity index is 1110. The molecule has 3 heteroatoms. The molecule has 0 amide bonds. The highest BCUT2D eigenvalue weighted by Gasteiger charge is 2.58. The highest BCUT2D eigenvalue weighted by atomic mass is 79.9. The van der Waals surface area contributed by atoms with Gasteiger partial charge in [0.15, 0.2) is 0 Å². The molecule has 0 aromatic heterocycles. The lowest BCUT2D eigenvalue weighted by molar-refractivity contribution is -0.0721. The normalized spacial score (nSPS) is 29.9. The van der Waals surface area contributed by atoms with Crippen LogP contribution in [0.4, 0.5) is 0 Å². The lowest BCUT2D eigenvalue weighted by atomic mass is 9.55. The summed E-state index contributed by atoms with van der Waals surface area (Å²) >= 11 is 3.68. The molecule has 29 heavy (non-hydrogen) atoms. The fraction of sp³-hybridized carbons (Fsp3) is 0.154. The lowest BCUT2D eigenvalue weighted by Gasteiger charge is -2.53. The van der Waals surface area contributed by atoms with Crippen LogP contribution in [0.15, 0.2) is 108 Å². The van der Waals surface area contributed by atoms with Crippen LogP contribution in [0.25, 0.3) is 0 Å². The second-order valence-corrected chi connectivity index (χ2v) is 8.60. The molecule has 0 spiro atoms. The molecular formula is C26H21BrO2. The number of hydrogen-bond acceptors (Lipinski definition) is 2. The molecule has 5 rings (SSSR count). The van der Waals surface area contributed by atoms with Crippen LogP contribution < -0.4 is 0 Å². The predicted octanol–water partition coefficient (Wildman–Crippen LogP) is 5.29. The molecule has 0 saturated heterocycles. The van der Waals surface area contributed by atoms with E-state index in [1.165, 1.54) is 0 Å². The van der Waals surface area contributed by atoms with Crippen molar-refractivity contribution < 1.29 is 10.2 Å². The number of aliphatic hydroxyl groups is 2. The molecule has 0 fully saturated rings. The summed E-state index contributed by atoms with van der Waals surface area (Å²) in [7, 11) is 0. The minimum absolute atomic E-state index is 0.318. The van der Waals surface area contributed by atoms with E-state index in [9.17, 15) is 10.2 Å². The average Bonchev–Trinajstić information content (AvgIpc) is 2.78. The molecule has 3 aromatic carbocycles. The second kappa shape index (κ2) is 6.81. The SMILES string of the molecule is OC1(c2ccccc2)c2cccc(Br)c2C(O)(c2ccccc2)C2C=CC=CC21. The molecule has 4 atom stereocenters. The minimum atomic E-state index is -1.27. The molecule has 0 radical (unpaired) electrons. The van der Waals surface area contributed by atoms with Gasteiger partial charge in [0.25, 0.3) is 0 Å². The first-order valence-electron chi connectivity index (χ1n) is 9.78. The third-order valence-corrected chi connectivity index (χ3v) is 6.99. The van der Waals surface area contributed by atoms with Gasteiger partial charge in [-0.2, -0.15) is 0 Å². The maximum absolute atomic E-state index is 12.3. The third-order valence-electron chi connectivity index (χ3n) is 6.33. The first kappa shape index (κ1) is 18.6. The quantitative estimate of drug-likeness (QED) is 0.563. The van der Waals surface area contributed by atoms with Crippen LogP contribution >= 0.6 is 15.9 Å². The van der Waals surface area contributed by atoms with E-state index < -0.39 is 11.2 Å².